The molecule has 0 atom stereocenters. The summed E-state index contributed by atoms with van der Waals surface area (Å²) in [5, 5.41) is 17.7. The Bertz CT molecular complexity index is 897. The fourth-order valence-corrected chi connectivity index (χ4v) is 3.29. The van der Waals surface area contributed by atoms with E-state index in [2.05, 4.69) is 19.9 Å². The minimum absolute atomic E-state index is 0.0763. The number of carboxylic acids is 2. The molecule has 0 radical (unpaired) electrons. The molecule has 2 N–H and O–H groups in total. The van der Waals surface area contributed by atoms with Gasteiger partial charge in [0.1, 0.15) is 0 Å². The van der Waals surface area contributed by atoms with Gasteiger partial charge in [0, 0.05) is 11.6 Å². The molecular formula is C27H34O5. The molecule has 0 heterocycles. The third-order valence-electron chi connectivity index (χ3n) is 4.89. The number of unbranched alkanes of at least 4 members (excludes halogenated alkanes) is 3. The van der Waals surface area contributed by atoms with Crippen LogP contribution in [0.5, 0.6) is 0 Å². The van der Waals surface area contributed by atoms with E-state index >= 15 is 0 Å². The predicted octanol–water partition coefficient (Wildman–Crippen LogP) is 6.45. The maximum absolute atomic E-state index is 11.5. The van der Waals surface area contributed by atoms with Crippen molar-refractivity contribution in [2.45, 2.75) is 52.4 Å². The Kier molecular flexibility index (Phi) is 12.9. The molecule has 2 aromatic rings. The molecule has 0 aliphatic rings. The van der Waals surface area contributed by atoms with Gasteiger partial charge in [-0.3, -0.25) is 0 Å². The molecule has 0 saturated heterocycles. The maximum atomic E-state index is 11.5. The standard InChI is InChI=1S/C18H26O3.C9H8O2/c1-4-6-7-8-13-16(17(21-3)18(19)20)15-12-10-9-11-14(15)5-2;10-9(11)7-6-8-4-2-1-3-5-8/h9-12H,4-8,13H2,1-3H3,(H,19,20);1-7H,(H,10,11). The second-order valence-corrected chi connectivity index (χ2v) is 7.22. The van der Waals surface area contributed by atoms with Crippen LogP contribution in [0.1, 0.15) is 62.6 Å². The molecule has 2 aromatic carbocycles. The molecule has 0 spiro atoms. The first kappa shape index (κ1) is 26.7. The summed E-state index contributed by atoms with van der Waals surface area (Å²) in [5.74, 6) is -1.84. The fraction of sp³-hybridized carbons (Fsp3) is 0.333. The Hall–Kier alpha value is -3.34. The number of carboxylic acid groups (broad SMARTS) is 2. The lowest BCUT2D eigenvalue weighted by molar-refractivity contribution is -0.136. The molecule has 0 aromatic heterocycles. The molecule has 0 fully saturated rings. The topological polar surface area (TPSA) is 83.8 Å². The van der Waals surface area contributed by atoms with Crippen molar-refractivity contribution in [1.82, 2.24) is 0 Å². The Balaban J connectivity index is 0.000000389. The zero-order valence-electron chi connectivity index (χ0n) is 19.2. The Morgan fingerprint density at radius 3 is 2.12 bits per heavy atom. The van der Waals surface area contributed by atoms with Crippen LogP contribution in [0.3, 0.4) is 0 Å². The molecule has 0 amide bonds. The van der Waals surface area contributed by atoms with Crippen LogP contribution in [0.2, 0.25) is 0 Å². The van der Waals surface area contributed by atoms with Gasteiger partial charge in [-0.25, -0.2) is 9.59 Å². The number of rotatable bonds is 11. The van der Waals surface area contributed by atoms with Gasteiger partial charge in [0.25, 0.3) is 0 Å². The number of carbonyl (C=O) groups is 2. The number of methoxy groups -OCH3 is 1. The first-order valence-corrected chi connectivity index (χ1v) is 11.0. The van der Waals surface area contributed by atoms with Crippen molar-refractivity contribution in [2.24, 2.45) is 0 Å². The van der Waals surface area contributed by atoms with Gasteiger partial charge >= 0.3 is 11.9 Å². The van der Waals surface area contributed by atoms with Crippen molar-refractivity contribution in [3.8, 4) is 0 Å². The van der Waals surface area contributed by atoms with Crippen LogP contribution < -0.4 is 0 Å². The summed E-state index contributed by atoms with van der Waals surface area (Å²) in [7, 11) is 1.43. The van der Waals surface area contributed by atoms with Crippen LogP contribution in [-0.2, 0) is 20.7 Å². The average Bonchev–Trinajstić information content (AvgIpc) is 2.80. The number of ether oxygens (including phenoxy) is 1. The monoisotopic (exact) mass is 438 g/mol. The summed E-state index contributed by atoms with van der Waals surface area (Å²) in [4.78, 5) is 21.5. The van der Waals surface area contributed by atoms with Gasteiger partial charge in [0.15, 0.2) is 0 Å². The number of allylic oxidation sites excluding steroid dienone is 1. The highest BCUT2D eigenvalue weighted by Gasteiger charge is 2.18. The number of benzene rings is 2. The van der Waals surface area contributed by atoms with E-state index in [1.807, 2.05) is 48.5 Å². The van der Waals surface area contributed by atoms with Crippen molar-refractivity contribution in [3.63, 3.8) is 0 Å². The minimum atomic E-state index is -0.992. The van der Waals surface area contributed by atoms with E-state index in [0.717, 1.165) is 48.5 Å². The first-order valence-electron chi connectivity index (χ1n) is 11.0. The van der Waals surface area contributed by atoms with E-state index < -0.39 is 11.9 Å². The zero-order valence-corrected chi connectivity index (χ0v) is 19.2. The number of hydrogen-bond acceptors (Lipinski definition) is 3. The van der Waals surface area contributed by atoms with Crippen LogP contribution in [0, 0.1) is 0 Å². The minimum Gasteiger partial charge on any atom is -0.490 e. The first-order chi connectivity index (χ1) is 15.4. The predicted molar refractivity (Wildman–Crippen MR) is 129 cm³/mol. The van der Waals surface area contributed by atoms with Gasteiger partial charge in [-0.2, -0.15) is 0 Å². The lowest BCUT2D eigenvalue weighted by atomic mass is 9.93. The van der Waals surface area contributed by atoms with Gasteiger partial charge in [-0.15, -0.1) is 0 Å². The van der Waals surface area contributed by atoms with E-state index in [1.165, 1.54) is 25.5 Å². The van der Waals surface area contributed by atoms with E-state index in [4.69, 9.17) is 9.84 Å². The molecular weight excluding hydrogens is 404 g/mol. The second kappa shape index (κ2) is 15.5. The number of hydrogen-bond donors (Lipinski definition) is 2. The molecule has 0 bridgehead atoms. The second-order valence-electron chi connectivity index (χ2n) is 7.22. The molecule has 0 aliphatic carbocycles. The summed E-state index contributed by atoms with van der Waals surface area (Å²) in [5.41, 5.74) is 3.89. The highest BCUT2D eigenvalue weighted by atomic mass is 16.5. The molecule has 172 valence electrons. The van der Waals surface area contributed by atoms with Crippen molar-refractivity contribution < 1.29 is 24.5 Å². The van der Waals surface area contributed by atoms with Crippen molar-refractivity contribution in [1.29, 1.82) is 0 Å². The summed E-state index contributed by atoms with van der Waals surface area (Å²) in [6.45, 7) is 4.25. The van der Waals surface area contributed by atoms with E-state index in [9.17, 15) is 14.7 Å². The molecule has 0 aliphatic heterocycles. The fourth-order valence-electron chi connectivity index (χ4n) is 3.29. The van der Waals surface area contributed by atoms with Gasteiger partial charge in [-0.1, -0.05) is 87.7 Å². The normalized spacial score (nSPS) is 11.3. The molecule has 5 heteroatoms. The van der Waals surface area contributed by atoms with E-state index in [0.29, 0.717) is 0 Å². The van der Waals surface area contributed by atoms with Crippen LogP contribution in [0.25, 0.3) is 11.6 Å². The number of aliphatic carboxylic acids is 2. The van der Waals surface area contributed by atoms with Crippen LogP contribution >= 0.6 is 0 Å². The van der Waals surface area contributed by atoms with Gasteiger partial charge < -0.3 is 14.9 Å². The Morgan fingerprint density at radius 1 is 0.906 bits per heavy atom. The van der Waals surface area contributed by atoms with Gasteiger partial charge in [0.05, 0.1) is 7.11 Å². The SMILES string of the molecule is CCCCCCC(=C(OC)C(=O)O)c1ccccc1CC.O=C(O)C=Cc1ccccc1. The van der Waals surface area contributed by atoms with Crippen molar-refractivity contribution in [2.75, 3.05) is 7.11 Å². The maximum Gasteiger partial charge on any atom is 0.371 e. The molecule has 0 saturated carbocycles. The van der Waals surface area contributed by atoms with Gasteiger partial charge in [0.2, 0.25) is 5.76 Å². The Morgan fingerprint density at radius 2 is 1.56 bits per heavy atom. The lowest BCUT2D eigenvalue weighted by Crippen LogP contribution is -2.08. The summed E-state index contributed by atoms with van der Waals surface area (Å²) < 4.78 is 5.16. The summed E-state index contributed by atoms with van der Waals surface area (Å²) in [6.07, 6.45) is 8.75. The van der Waals surface area contributed by atoms with Crippen LogP contribution in [0.15, 0.2) is 66.4 Å². The van der Waals surface area contributed by atoms with Crippen LogP contribution in [0.4, 0.5) is 0 Å². The Labute approximate surface area is 191 Å². The van der Waals surface area contributed by atoms with E-state index in [-0.39, 0.29) is 5.76 Å². The summed E-state index contributed by atoms with van der Waals surface area (Å²) >= 11 is 0. The highest BCUT2D eigenvalue weighted by molar-refractivity contribution is 5.94. The van der Waals surface area contributed by atoms with Crippen molar-refractivity contribution >= 4 is 23.6 Å². The quantitative estimate of drug-likeness (QED) is 0.239. The average molecular weight is 439 g/mol. The smallest absolute Gasteiger partial charge is 0.371 e. The lowest BCUT2D eigenvalue weighted by Gasteiger charge is -2.15. The molecule has 0 unspecified atom stereocenters. The van der Waals surface area contributed by atoms with Crippen molar-refractivity contribution in [3.05, 3.63) is 83.1 Å². The summed E-state index contributed by atoms with van der Waals surface area (Å²) in [6, 6.07) is 17.3. The van der Waals surface area contributed by atoms with Crippen LogP contribution in [-0.4, -0.2) is 29.3 Å². The third-order valence-corrected chi connectivity index (χ3v) is 4.89. The molecule has 2 rings (SSSR count). The third kappa shape index (κ3) is 9.65. The molecule has 5 nitrogen and oxygen atoms in total. The largest absolute Gasteiger partial charge is 0.490 e. The number of aryl methyl sites for hydroxylation is 1. The highest BCUT2D eigenvalue weighted by Crippen LogP contribution is 2.29. The van der Waals surface area contributed by atoms with Gasteiger partial charge in [-0.05, 0) is 42.0 Å². The zero-order chi connectivity index (χ0) is 23.8. The molecule has 32 heavy (non-hydrogen) atoms. The van der Waals surface area contributed by atoms with E-state index in [1.54, 1.807) is 6.08 Å².